The zero-order chi connectivity index (χ0) is 19.2. The number of nitrogens with one attached hydrogen (secondary N) is 2. The van der Waals surface area contributed by atoms with E-state index in [0.29, 0.717) is 22.9 Å². The fourth-order valence-corrected chi connectivity index (χ4v) is 2.59. The van der Waals surface area contributed by atoms with E-state index in [1.165, 1.54) is 0 Å². The van der Waals surface area contributed by atoms with E-state index in [9.17, 15) is 4.79 Å². The second kappa shape index (κ2) is 8.11. The van der Waals surface area contributed by atoms with Gasteiger partial charge in [-0.15, -0.1) is 0 Å². The van der Waals surface area contributed by atoms with E-state index in [-0.39, 0.29) is 17.6 Å². The Hall–Kier alpha value is -3.72. The summed E-state index contributed by atoms with van der Waals surface area (Å²) in [4.78, 5) is 21.3. The average molecular weight is 357 g/mol. The van der Waals surface area contributed by atoms with Crippen LogP contribution < -0.4 is 10.6 Å². The van der Waals surface area contributed by atoms with Crippen molar-refractivity contribution in [3.63, 3.8) is 0 Å². The summed E-state index contributed by atoms with van der Waals surface area (Å²) in [7, 11) is 0. The maximum absolute atomic E-state index is 12.5. The lowest BCUT2D eigenvalue weighted by atomic mass is 10.1. The van der Waals surface area contributed by atoms with Gasteiger partial charge in [0, 0.05) is 11.4 Å². The highest BCUT2D eigenvalue weighted by atomic mass is 16.1. The van der Waals surface area contributed by atoms with E-state index in [4.69, 9.17) is 5.26 Å². The lowest BCUT2D eigenvalue weighted by Crippen LogP contribution is -2.17. The van der Waals surface area contributed by atoms with Crippen LogP contribution in [0.3, 0.4) is 0 Å². The van der Waals surface area contributed by atoms with Crippen molar-refractivity contribution < 1.29 is 4.79 Å². The number of nitrogens with zero attached hydrogens (tertiary/aromatic N) is 3. The summed E-state index contributed by atoms with van der Waals surface area (Å²) in [5, 5.41) is 14.9. The number of benzene rings is 2. The number of hydrogen-bond donors (Lipinski definition) is 2. The molecule has 0 aliphatic heterocycles. The Bertz CT molecular complexity index is 978. The van der Waals surface area contributed by atoms with Gasteiger partial charge in [-0.05, 0) is 49.7 Å². The molecule has 0 saturated heterocycles. The van der Waals surface area contributed by atoms with Crippen molar-refractivity contribution in [3.8, 4) is 6.07 Å². The molecule has 134 valence electrons. The largest absolute Gasteiger partial charge is 0.348 e. The number of carbonyl (C=O) groups excluding carboxylic acids is 1. The Morgan fingerprint density at radius 1 is 1.07 bits per heavy atom. The van der Waals surface area contributed by atoms with Crippen LogP contribution in [0.1, 0.15) is 40.3 Å². The molecule has 27 heavy (non-hydrogen) atoms. The number of carbonyl (C=O) groups is 1. The SMILES string of the molecule is Cc1cc(C(=O)Nc2ccc(C#N)cc2)nc(NC(C)c2ccccc2)n1. The molecule has 1 aromatic heterocycles. The highest BCUT2D eigenvalue weighted by Gasteiger charge is 2.13. The summed E-state index contributed by atoms with van der Waals surface area (Å²) >= 11 is 0. The first-order chi connectivity index (χ1) is 13.0. The first-order valence-electron chi connectivity index (χ1n) is 8.54. The molecule has 2 aromatic carbocycles. The predicted octanol–water partition coefficient (Wildman–Crippen LogP) is 4.08. The number of nitriles is 1. The van der Waals surface area contributed by atoms with Crippen LogP contribution >= 0.6 is 0 Å². The van der Waals surface area contributed by atoms with Crippen LogP contribution in [-0.4, -0.2) is 15.9 Å². The molecule has 6 heteroatoms. The number of amides is 1. The molecule has 0 radical (unpaired) electrons. The molecular formula is C21H19N5O. The summed E-state index contributed by atoms with van der Waals surface area (Å²) in [6.45, 7) is 3.83. The topological polar surface area (TPSA) is 90.7 Å². The van der Waals surface area contributed by atoms with Crippen LogP contribution in [0, 0.1) is 18.3 Å². The van der Waals surface area contributed by atoms with Crippen molar-refractivity contribution in [1.82, 2.24) is 9.97 Å². The minimum Gasteiger partial charge on any atom is -0.348 e. The maximum Gasteiger partial charge on any atom is 0.274 e. The van der Waals surface area contributed by atoms with E-state index < -0.39 is 0 Å². The highest BCUT2D eigenvalue weighted by Crippen LogP contribution is 2.17. The molecule has 1 atom stereocenters. The van der Waals surface area contributed by atoms with Gasteiger partial charge < -0.3 is 10.6 Å². The molecule has 3 aromatic rings. The smallest absolute Gasteiger partial charge is 0.274 e. The Balaban J connectivity index is 1.76. The number of aryl methyl sites for hydroxylation is 1. The molecule has 1 amide bonds. The van der Waals surface area contributed by atoms with E-state index in [0.717, 1.165) is 5.56 Å². The molecule has 6 nitrogen and oxygen atoms in total. The fourth-order valence-electron chi connectivity index (χ4n) is 2.59. The molecular weight excluding hydrogens is 338 g/mol. The minimum atomic E-state index is -0.333. The Labute approximate surface area is 157 Å². The van der Waals surface area contributed by atoms with Gasteiger partial charge in [0.05, 0.1) is 17.7 Å². The molecule has 0 bridgehead atoms. The van der Waals surface area contributed by atoms with E-state index in [2.05, 4.69) is 20.6 Å². The molecule has 0 fully saturated rings. The van der Waals surface area contributed by atoms with Crippen LogP contribution in [0.15, 0.2) is 60.7 Å². The van der Waals surface area contributed by atoms with Gasteiger partial charge in [0.2, 0.25) is 5.95 Å². The normalized spacial score (nSPS) is 11.3. The summed E-state index contributed by atoms with van der Waals surface area (Å²) in [5.41, 5.74) is 3.20. The van der Waals surface area contributed by atoms with E-state index in [1.807, 2.05) is 50.2 Å². The number of rotatable bonds is 5. The van der Waals surface area contributed by atoms with Gasteiger partial charge >= 0.3 is 0 Å². The van der Waals surface area contributed by atoms with Crippen molar-refractivity contribution in [1.29, 1.82) is 5.26 Å². The Morgan fingerprint density at radius 2 is 1.78 bits per heavy atom. The van der Waals surface area contributed by atoms with Gasteiger partial charge in [-0.25, -0.2) is 9.97 Å². The highest BCUT2D eigenvalue weighted by molar-refractivity contribution is 6.03. The quantitative estimate of drug-likeness (QED) is 0.718. The van der Waals surface area contributed by atoms with Gasteiger partial charge in [-0.3, -0.25) is 4.79 Å². The molecule has 1 unspecified atom stereocenters. The standard InChI is InChI=1S/C21H19N5O/c1-14-12-19(20(27)25-18-10-8-16(13-22)9-11-18)26-21(23-14)24-15(2)17-6-4-3-5-7-17/h3-12,15H,1-2H3,(H,25,27)(H,23,24,26). The molecule has 1 heterocycles. The van der Waals surface area contributed by atoms with Crippen molar-refractivity contribution in [2.24, 2.45) is 0 Å². The molecule has 2 N–H and O–H groups in total. The lowest BCUT2D eigenvalue weighted by Gasteiger charge is -2.15. The maximum atomic E-state index is 12.5. The minimum absolute atomic E-state index is 0.00226. The van der Waals surface area contributed by atoms with Crippen LogP contribution in [0.5, 0.6) is 0 Å². The number of hydrogen-bond acceptors (Lipinski definition) is 5. The molecule has 3 rings (SSSR count). The van der Waals surface area contributed by atoms with Gasteiger partial charge in [0.25, 0.3) is 5.91 Å². The van der Waals surface area contributed by atoms with Crippen molar-refractivity contribution in [2.45, 2.75) is 19.9 Å². The molecule has 0 spiro atoms. The summed E-state index contributed by atoms with van der Waals surface area (Å²) < 4.78 is 0. The number of anilines is 2. The van der Waals surface area contributed by atoms with E-state index >= 15 is 0 Å². The van der Waals surface area contributed by atoms with E-state index in [1.54, 1.807) is 30.3 Å². The Kier molecular flexibility index (Phi) is 5.43. The second-order valence-electron chi connectivity index (χ2n) is 6.14. The van der Waals surface area contributed by atoms with Crippen molar-refractivity contribution in [2.75, 3.05) is 10.6 Å². The van der Waals surface area contributed by atoms with Gasteiger partial charge in [0.1, 0.15) is 5.69 Å². The van der Waals surface area contributed by atoms with Crippen LogP contribution in [-0.2, 0) is 0 Å². The van der Waals surface area contributed by atoms with Crippen molar-refractivity contribution in [3.05, 3.63) is 83.2 Å². The average Bonchev–Trinajstić information content (AvgIpc) is 2.68. The second-order valence-corrected chi connectivity index (χ2v) is 6.14. The zero-order valence-electron chi connectivity index (χ0n) is 15.1. The molecule has 0 saturated carbocycles. The Morgan fingerprint density at radius 3 is 2.44 bits per heavy atom. The van der Waals surface area contributed by atoms with Gasteiger partial charge in [0.15, 0.2) is 0 Å². The first kappa shape index (κ1) is 18.1. The zero-order valence-corrected chi connectivity index (χ0v) is 15.1. The summed E-state index contributed by atoms with van der Waals surface area (Å²) in [6, 6.07) is 20.3. The van der Waals surface area contributed by atoms with Gasteiger partial charge in [-0.1, -0.05) is 30.3 Å². The molecule has 0 aliphatic rings. The third kappa shape index (κ3) is 4.67. The number of aromatic nitrogens is 2. The lowest BCUT2D eigenvalue weighted by molar-refractivity contribution is 0.102. The third-order valence-corrected chi connectivity index (χ3v) is 4.00. The van der Waals surface area contributed by atoms with Crippen LogP contribution in [0.25, 0.3) is 0 Å². The third-order valence-electron chi connectivity index (χ3n) is 4.00. The van der Waals surface area contributed by atoms with Crippen LogP contribution in [0.4, 0.5) is 11.6 Å². The van der Waals surface area contributed by atoms with Crippen molar-refractivity contribution >= 4 is 17.5 Å². The summed E-state index contributed by atoms with van der Waals surface area (Å²) in [6.07, 6.45) is 0. The summed E-state index contributed by atoms with van der Waals surface area (Å²) in [5.74, 6) is 0.0666. The monoisotopic (exact) mass is 357 g/mol. The fraction of sp³-hybridized carbons (Fsp3) is 0.143. The van der Waals surface area contributed by atoms with Crippen LogP contribution in [0.2, 0.25) is 0 Å². The predicted molar refractivity (Wildman–Crippen MR) is 104 cm³/mol. The molecule has 0 aliphatic carbocycles. The van der Waals surface area contributed by atoms with Gasteiger partial charge in [-0.2, -0.15) is 5.26 Å². The first-order valence-corrected chi connectivity index (χ1v) is 8.54.